The normalized spacial score (nSPS) is 15.3. The van der Waals surface area contributed by atoms with Gasteiger partial charge in [-0.1, -0.05) is 42.5 Å². The van der Waals surface area contributed by atoms with E-state index in [0.717, 1.165) is 20.8 Å². The van der Waals surface area contributed by atoms with Crippen LogP contribution in [0.15, 0.2) is 83.1 Å². The molecule has 224 valence electrons. The van der Waals surface area contributed by atoms with E-state index in [-0.39, 0.29) is 29.6 Å². The first-order valence-corrected chi connectivity index (χ1v) is 16.1. The number of likely N-dealkylation sites (tertiary alicyclic amines) is 1. The van der Waals surface area contributed by atoms with Crippen LogP contribution < -0.4 is 15.8 Å². The fraction of sp³-hybridized carbons (Fsp3) is 0.258. The van der Waals surface area contributed by atoms with Crippen molar-refractivity contribution >= 4 is 49.8 Å². The number of sulfonamides is 1. The van der Waals surface area contributed by atoms with Gasteiger partial charge in [0.05, 0.1) is 23.4 Å². The Balaban J connectivity index is 1.39. The van der Waals surface area contributed by atoms with E-state index in [0.29, 0.717) is 35.5 Å². The molecule has 2 heterocycles. The second kappa shape index (κ2) is 12.9. The standard InChI is InChI=1S/C31H33N5O5S2/c1-41-25-9-7-23-8-10-26(17-24(23)16-25)43(39,40)36(19-29(37)34-13-11-21-5-3-2-4-6-21)27-12-14-35(31(27)38)18-22-15-28(30(32)33)42-20-22/h2-10,15-17,20,27H,11-14,18-19H2,1H3,(H3,32,33)(H,34,37)/t27-/m0/s1. The van der Waals surface area contributed by atoms with Gasteiger partial charge < -0.3 is 20.7 Å². The largest absolute Gasteiger partial charge is 0.497 e. The molecule has 43 heavy (non-hydrogen) atoms. The Kier molecular flexibility index (Phi) is 9.09. The smallest absolute Gasteiger partial charge is 0.244 e. The van der Waals surface area contributed by atoms with E-state index in [1.807, 2.05) is 41.8 Å². The first kappa shape index (κ1) is 30.2. The maximum Gasteiger partial charge on any atom is 0.244 e. The van der Waals surface area contributed by atoms with E-state index >= 15 is 0 Å². The number of methoxy groups -OCH3 is 1. The van der Waals surface area contributed by atoms with Gasteiger partial charge in [0.25, 0.3) is 0 Å². The highest BCUT2D eigenvalue weighted by molar-refractivity contribution is 7.89. The van der Waals surface area contributed by atoms with Crippen molar-refractivity contribution in [3.8, 4) is 5.75 Å². The van der Waals surface area contributed by atoms with Crippen molar-refractivity contribution in [1.29, 1.82) is 5.41 Å². The lowest BCUT2D eigenvalue weighted by Gasteiger charge is -2.27. The number of thiophene rings is 1. The highest BCUT2D eigenvalue weighted by atomic mass is 32.2. The molecule has 0 aliphatic carbocycles. The van der Waals surface area contributed by atoms with Gasteiger partial charge in [0.15, 0.2) is 0 Å². The van der Waals surface area contributed by atoms with Crippen LogP contribution >= 0.6 is 11.3 Å². The zero-order valence-corrected chi connectivity index (χ0v) is 25.3. The van der Waals surface area contributed by atoms with Crippen molar-refractivity contribution in [2.75, 3.05) is 26.7 Å². The second-order valence-electron chi connectivity index (χ2n) is 10.3. The first-order valence-electron chi connectivity index (χ1n) is 13.8. The lowest BCUT2D eigenvalue weighted by Crippen LogP contribution is -2.49. The number of amidine groups is 1. The minimum atomic E-state index is -4.26. The monoisotopic (exact) mass is 619 g/mol. The molecule has 0 radical (unpaired) electrons. The Morgan fingerprint density at radius 3 is 2.58 bits per heavy atom. The topological polar surface area (TPSA) is 146 Å². The molecular formula is C31H33N5O5S2. The number of nitrogens with zero attached hydrogens (tertiary/aromatic N) is 2. The lowest BCUT2D eigenvalue weighted by molar-refractivity contribution is -0.131. The van der Waals surface area contributed by atoms with Gasteiger partial charge in [-0.2, -0.15) is 4.31 Å². The zero-order chi connectivity index (χ0) is 30.6. The van der Waals surface area contributed by atoms with E-state index in [1.165, 1.54) is 24.5 Å². The highest BCUT2D eigenvalue weighted by Gasteiger charge is 2.43. The summed E-state index contributed by atoms with van der Waals surface area (Å²) in [6.07, 6.45) is 0.825. The van der Waals surface area contributed by atoms with Crippen molar-refractivity contribution < 1.29 is 22.7 Å². The molecule has 4 aromatic rings. The molecule has 0 bridgehead atoms. The summed E-state index contributed by atoms with van der Waals surface area (Å²) >= 11 is 1.31. The van der Waals surface area contributed by atoms with E-state index in [9.17, 15) is 18.0 Å². The molecular weight excluding hydrogens is 587 g/mol. The van der Waals surface area contributed by atoms with Crippen molar-refractivity contribution in [3.63, 3.8) is 0 Å². The first-order chi connectivity index (χ1) is 20.7. The maximum atomic E-state index is 14.1. The number of carbonyl (C=O) groups excluding carboxylic acids is 2. The Morgan fingerprint density at radius 1 is 1.09 bits per heavy atom. The Morgan fingerprint density at radius 2 is 1.86 bits per heavy atom. The van der Waals surface area contributed by atoms with Crippen LogP contribution in [0.1, 0.15) is 22.4 Å². The SMILES string of the molecule is COc1ccc2ccc(S(=O)(=O)N(CC(=O)NCCc3ccccc3)[C@H]3CCN(Cc4csc(C(=N)N)c4)C3=O)cc2c1. The van der Waals surface area contributed by atoms with Crippen LogP contribution in [0.4, 0.5) is 0 Å². The highest BCUT2D eigenvalue weighted by Crippen LogP contribution is 2.29. The molecule has 1 atom stereocenters. The summed E-state index contributed by atoms with van der Waals surface area (Å²) in [4.78, 5) is 29.0. The number of nitrogens with one attached hydrogen (secondary N) is 2. The number of amides is 2. The third-order valence-corrected chi connectivity index (χ3v) is 10.3. The zero-order valence-electron chi connectivity index (χ0n) is 23.7. The van der Waals surface area contributed by atoms with E-state index in [4.69, 9.17) is 15.9 Å². The maximum absolute atomic E-state index is 14.1. The number of carbonyl (C=O) groups is 2. The van der Waals surface area contributed by atoms with Gasteiger partial charge in [-0.3, -0.25) is 15.0 Å². The van der Waals surface area contributed by atoms with Gasteiger partial charge in [-0.05, 0) is 70.5 Å². The summed E-state index contributed by atoms with van der Waals surface area (Å²) in [5.41, 5.74) is 7.44. The summed E-state index contributed by atoms with van der Waals surface area (Å²) < 4.78 is 34.6. The van der Waals surface area contributed by atoms with E-state index in [2.05, 4.69) is 5.32 Å². The minimum absolute atomic E-state index is 0.0134. The molecule has 1 aliphatic heterocycles. The van der Waals surface area contributed by atoms with E-state index < -0.39 is 28.5 Å². The average molecular weight is 620 g/mol. The number of nitrogen functional groups attached to an aromatic ring is 1. The summed E-state index contributed by atoms with van der Waals surface area (Å²) in [6, 6.07) is 20.5. The molecule has 0 unspecified atom stereocenters. The van der Waals surface area contributed by atoms with Gasteiger partial charge in [-0.25, -0.2) is 8.42 Å². The number of hydrogen-bond donors (Lipinski definition) is 3. The van der Waals surface area contributed by atoms with Gasteiger partial charge in [0, 0.05) is 19.6 Å². The number of benzene rings is 3. The number of fused-ring (bicyclic) bond motifs is 1. The Bertz CT molecular complexity index is 1760. The molecule has 0 saturated carbocycles. The van der Waals surface area contributed by atoms with Crippen LogP contribution in [0.3, 0.4) is 0 Å². The molecule has 0 spiro atoms. The van der Waals surface area contributed by atoms with Crippen LogP contribution in [-0.4, -0.2) is 68.1 Å². The summed E-state index contributed by atoms with van der Waals surface area (Å²) in [6.45, 7) is 0.412. The molecule has 1 saturated heterocycles. The van der Waals surface area contributed by atoms with Crippen LogP contribution in [-0.2, 0) is 32.6 Å². The van der Waals surface area contributed by atoms with Crippen molar-refractivity contribution in [3.05, 3.63) is 94.2 Å². The molecule has 1 aliphatic rings. The molecule has 1 aromatic heterocycles. The molecule has 12 heteroatoms. The quantitative estimate of drug-likeness (QED) is 0.164. The van der Waals surface area contributed by atoms with Crippen LogP contribution in [0.2, 0.25) is 0 Å². The molecule has 1 fully saturated rings. The lowest BCUT2D eigenvalue weighted by atomic mass is 10.1. The predicted octanol–water partition coefficient (Wildman–Crippen LogP) is 3.34. The Hall–Kier alpha value is -4.26. The van der Waals surface area contributed by atoms with E-state index in [1.54, 1.807) is 35.2 Å². The van der Waals surface area contributed by atoms with Crippen molar-refractivity contribution in [1.82, 2.24) is 14.5 Å². The van der Waals surface area contributed by atoms with Crippen LogP contribution in [0.5, 0.6) is 5.75 Å². The molecule has 3 aromatic carbocycles. The van der Waals surface area contributed by atoms with Gasteiger partial charge in [0.2, 0.25) is 21.8 Å². The van der Waals surface area contributed by atoms with Crippen LogP contribution in [0, 0.1) is 5.41 Å². The molecule has 10 nitrogen and oxygen atoms in total. The third kappa shape index (κ3) is 6.87. The molecule has 4 N–H and O–H groups in total. The van der Waals surface area contributed by atoms with Crippen LogP contribution in [0.25, 0.3) is 10.8 Å². The number of ether oxygens (including phenoxy) is 1. The predicted molar refractivity (Wildman–Crippen MR) is 167 cm³/mol. The fourth-order valence-electron chi connectivity index (χ4n) is 5.14. The van der Waals surface area contributed by atoms with Gasteiger partial charge >= 0.3 is 0 Å². The summed E-state index contributed by atoms with van der Waals surface area (Å²) in [5.74, 6) is -0.332. The summed E-state index contributed by atoms with van der Waals surface area (Å²) in [7, 11) is -2.73. The number of nitrogens with two attached hydrogens (primary N) is 1. The van der Waals surface area contributed by atoms with Crippen molar-refractivity contribution in [2.24, 2.45) is 5.73 Å². The Labute approximate surface area is 254 Å². The molecule has 2 amide bonds. The van der Waals surface area contributed by atoms with Crippen molar-refractivity contribution in [2.45, 2.75) is 30.3 Å². The fourth-order valence-corrected chi connectivity index (χ4v) is 7.52. The third-order valence-electron chi connectivity index (χ3n) is 7.41. The average Bonchev–Trinajstić information content (AvgIpc) is 3.62. The van der Waals surface area contributed by atoms with Gasteiger partial charge in [0.1, 0.15) is 17.6 Å². The number of rotatable bonds is 12. The second-order valence-corrected chi connectivity index (χ2v) is 13.1. The number of hydrogen-bond acceptors (Lipinski definition) is 7. The molecule has 5 rings (SSSR count). The minimum Gasteiger partial charge on any atom is -0.497 e. The summed E-state index contributed by atoms with van der Waals surface area (Å²) in [5, 5.41) is 13.8. The van der Waals surface area contributed by atoms with Gasteiger partial charge in [-0.15, -0.1) is 11.3 Å².